The van der Waals surface area contributed by atoms with Crippen molar-refractivity contribution in [2.45, 2.75) is 0 Å². The minimum atomic E-state index is -0.00671. The quantitative estimate of drug-likeness (QED) is 0.704. The molecule has 1 heterocycles. The third-order valence-electron chi connectivity index (χ3n) is 3.59. The lowest BCUT2D eigenvalue weighted by atomic mass is 10.1. The van der Waals surface area contributed by atoms with Gasteiger partial charge in [0.2, 0.25) is 0 Å². The summed E-state index contributed by atoms with van der Waals surface area (Å²) < 4.78 is 8.31. The molecule has 0 atom stereocenters. The lowest BCUT2D eigenvalue weighted by Gasteiger charge is -2.16. The van der Waals surface area contributed by atoms with Crippen molar-refractivity contribution in [3.8, 4) is 17.0 Å². The lowest BCUT2D eigenvalue weighted by molar-refractivity contribution is 0.415. The van der Waals surface area contributed by atoms with E-state index in [1.807, 2.05) is 54.1 Å². The molecule has 1 aromatic heterocycles. The van der Waals surface area contributed by atoms with Crippen molar-refractivity contribution in [2.24, 2.45) is 7.05 Å². The maximum Gasteiger partial charge on any atom is 0.190 e. The molecule has 0 saturated heterocycles. The first-order chi connectivity index (χ1) is 10.1. The average molecular weight is 344 g/mol. The standard InChI is InChI=1S/C17H14BrNO2/c1-19-14(11-6-4-3-5-7-11)10-15(20)12-8-9-13(18)17(21-2)16(12)19/h3-10H,1-2H3. The normalized spacial score (nSPS) is 10.8. The van der Waals surface area contributed by atoms with E-state index < -0.39 is 0 Å². The maximum absolute atomic E-state index is 12.4. The van der Waals surface area contributed by atoms with E-state index in [1.54, 1.807) is 13.2 Å². The van der Waals surface area contributed by atoms with Gasteiger partial charge in [-0.15, -0.1) is 0 Å². The zero-order chi connectivity index (χ0) is 15.0. The van der Waals surface area contributed by atoms with Crippen LogP contribution in [0.3, 0.4) is 0 Å². The summed E-state index contributed by atoms with van der Waals surface area (Å²) in [6, 6.07) is 15.2. The van der Waals surface area contributed by atoms with Gasteiger partial charge in [0.15, 0.2) is 11.2 Å². The summed E-state index contributed by atoms with van der Waals surface area (Å²) in [6.45, 7) is 0. The van der Waals surface area contributed by atoms with Crippen LogP contribution < -0.4 is 10.2 Å². The maximum atomic E-state index is 12.4. The number of hydrogen-bond donors (Lipinski definition) is 0. The summed E-state index contributed by atoms with van der Waals surface area (Å²) in [5.41, 5.74) is 2.65. The Morgan fingerprint density at radius 2 is 1.81 bits per heavy atom. The molecule has 3 rings (SSSR count). The van der Waals surface area contributed by atoms with E-state index in [-0.39, 0.29) is 5.43 Å². The summed E-state index contributed by atoms with van der Waals surface area (Å²) in [5.74, 6) is 0.671. The second-order valence-corrected chi connectivity index (χ2v) is 5.65. The molecule has 3 aromatic rings. The van der Waals surface area contributed by atoms with Crippen molar-refractivity contribution in [1.82, 2.24) is 4.57 Å². The van der Waals surface area contributed by atoms with Crippen molar-refractivity contribution >= 4 is 26.8 Å². The van der Waals surface area contributed by atoms with Crippen LogP contribution in [0, 0.1) is 0 Å². The van der Waals surface area contributed by atoms with Crippen LogP contribution in [0.4, 0.5) is 0 Å². The first-order valence-corrected chi connectivity index (χ1v) is 7.34. The molecule has 0 bridgehead atoms. The van der Waals surface area contributed by atoms with Gasteiger partial charge in [0, 0.05) is 18.5 Å². The number of pyridine rings is 1. The van der Waals surface area contributed by atoms with Gasteiger partial charge < -0.3 is 9.30 Å². The van der Waals surface area contributed by atoms with Crippen LogP contribution in [-0.2, 0) is 7.05 Å². The highest BCUT2D eigenvalue weighted by atomic mass is 79.9. The third kappa shape index (κ3) is 2.25. The highest BCUT2D eigenvalue weighted by Crippen LogP contribution is 2.33. The zero-order valence-electron chi connectivity index (χ0n) is 11.8. The fourth-order valence-corrected chi connectivity index (χ4v) is 3.06. The van der Waals surface area contributed by atoms with E-state index in [0.29, 0.717) is 11.1 Å². The molecule has 0 saturated carbocycles. The Balaban J connectivity index is 2.45. The molecule has 3 nitrogen and oxygen atoms in total. The van der Waals surface area contributed by atoms with Gasteiger partial charge in [0.1, 0.15) is 0 Å². The Morgan fingerprint density at radius 3 is 2.48 bits per heavy atom. The number of halogens is 1. The highest BCUT2D eigenvalue weighted by Gasteiger charge is 2.14. The summed E-state index contributed by atoms with van der Waals surface area (Å²) in [6.07, 6.45) is 0. The SMILES string of the molecule is COc1c(Br)ccc2c(=O)cc(-c3ccccc3)n(C)c12. The van der Waals surface area contributed by atoms with Gasteiger partial charge in [-0.3, -0.25) is 4.79 Å². The number of fused-ring (bicyclic) bond motifs is 1. The molecule has 0 amide bonds. The Morgan fingerprint density at radius 1 is 1.10 bits per heavy atom. The van der Waals surface area contributed by atoms with Gasteiger partial charge in [-0.1, -0.05) is 30.3 Å². The van der Waals surface area contributed by atoms with Crippen molar-refractivity contribution in [1.29, 1.82) is 0 Å². The predicted octanol–water partition coefficient (Wildman–Crippen LogP) is 3.98. The van der Waals surface area contributed by atoms with Gasteiger partial charge in [0.25, 0.3) is 0 Å². The van der Waals surface area contributed by atoms with E-state index in [4.69, 9.17) is 4.74 Å². The smallest absolute Gasteiger partial charge is 0.190 e. The number of aromatic nitrogens is 1. The molecule has 0 fully saturated rings. The van der Waals surface area contributed by atoms with Gasteiger partial charge in [-0.25, -0.2) is 0 Å². The Labute approximate surface area is 130 Å². The summed E-state index contributed by atoms with van der Waals surface area (Å²) >= 11 is 3.48. The van der Waals surface area contributed by atoms with E-state index >= 15 is 0 Å². The topological polar surface area (TPSA) is 31.2 Å². The van der Waals surface area contributed by atoms with E-state index in [9.17, 15) is 4.79 Å². The van der Waals surface area contributed by atoms with Crippen LogP contribution >= 0.6 is 15.9 Å². The number of nitrogens with zero attached hydrogens (tertiary/aromatic N) is 1. The molecule has 0 aliphatic heterocycles. The fraction of sp³-hybridized carbons (Fsp3) is 0.118. The predicted molar refractivity (Wildman–Crippen MR) is 88.9 cm³/mol. The molecule has 0 N–H and O–H groups in total. The molecular formula is C17H14BrNO2. The number of ether oxygens (including phenoxy) is 1. The molecule has 4 heteroatoms. The first kappa shape index (κ1) is 13.9. The van der Waals surface area contributed by atoms with Crippen LogP contribution in [-0.4, -0.2) is 11.7 Å². The van der Waals surface area contributed by atoms with Gasteiger partial charge >= 0.3 is 0 Å². The average Bonchev–Trinajstić information content (AvgIpc) is 2.51. The van der Waals surface area contributed by atoms with Crippen LogP contribution in [0.2, 0.25) is 0 Å². The van der Waals surface area contributed by atoms with Crippen LogP contribution in [0.25, 0.3) is 22.2 Å². The van der Waals surface area contributed by atoms with E-state index in [1.165, 1.54) is 0 Å². The monoisotopic (exact) mass is 343 g/mol. The van der Waals surface area contributed by atoms with Crippen molar-refractivity contribution in [2.75, 3.05) is 7.11 Å². The molecule has 21 heavy (non-hydrogen) atoms. The van der Waals surface area contributed by atoms with Crippen LogP contribution in [0.1, 0.15) is 0 Å². The number of rotatable bonds is 2. The second kappa shape index (κ2) is 5.37. The van der Waals surface area contributed by atoms with Crippen LogP contribution in [0.15, 0.2) is 57.8 Å². The lowest BCUT2D eigenvalue weighted by Crippen LogP contribution is -2.10. The van der Waals surface area contributed by atoms with Crippen molar-refractivity contribution in [3.63, 3.8) is 0 Å². The van der Waals surface area contributed by atoms with E-state index in [2.05, 4.69) is 15.9 Å². The van der Waals surface area contributed by atoms with Gasteiger partial charge in [-0.2, -0.15) is 0 Å². The van der Waals surface area contributed by atoms with Crippen molar-refractivity contribution < 1.29 is 4.74 Å². The summed E-state index contributed by atoms with van der Waals surface area (Å²) in [4.78, 5) is 12.4. The molecule has 0 unspecified atom stereocenters. The molecule has 0 radical (unpaired) electrons. The van der Waals surface area contributed by atoms with Crippen LogP contribution in [0.5, 0.6) is 5.75 Å². The first-order valence-electron chi connectivity index (χ1n) is 6.55. The third-order valence-corrected chi connectivity index (χ3v) is 4.21. The van der Waals surface area contributed by atoms with Crippen molar-refractivity contribution in [3.05, 3.63) is 63.2 Å². The Bertz CT molecular complexity index is 869. The largest absolute Gasteiger partial charge is 0.493 e. The molecule has 0 spiro atoms. The molecule has 0 aliphatic rings. The summed E-state index contributed by atoms with van der Waals surface area (Å²) in [5, 5.41) is 0.650. The summed E-state index contributed by atoms with van der Waals surface area (Å²) in [7, 11) is 3.55. The Kier molecular flexibility index (Phi) is 3.55. The number of aryl methyl sites for hydroxylation is 1. The minimum absolute atomic E-state index is 0.00671. The zero-order valence-corrected chi connectivity index (χ0v) is 13.3. The fourth-order valence-electron chi connectivity index (χ4n) is 2.58. The van der Waals surface area contributed by atoms with E-state index in [0.717, 1.165) is 21.2 Å². The van der Waals surface area contributed by atoms with Gasteiger partial charge in [-0.05, 0) is 33.6 Å². The second-order valence-electron chi connectivity index (χ2n) is 4.80. The molecule has 0 aliphatic carbocycles. The molecular weight excluding hydrogens is 330 g/mol. The highest BCUT2D eigenvalue weighted by molar-refractivity contribution is 9.10. The minimum Gasteiger partial charge on any atom is -0.493 e. The molecule has 106 valence electrons. The molecule has 2 aromatic carbocycles. The number of methoxy groups -OCH3 is 1. The number of benzene rings is 2. The Hall–Kier alpha value is -2.07. The van der Waals surface area contributed by atoms with Gasteiger partial charge in [0.05, 0.1) is 22.8 Å². The number of hydrogen-bond acceptors (Lipinski definition) is 2.